The van der Waals surface area contributed by atoms with Crippen molar-refractivity contribution < 1.29 is 24.0 Å². The summed E-state index contributed by atoms with van der Waals surface area (Å²) in [7, 11) is 0. The number of carbonyl (C=O) groups is 3. The molecule has 0 heterocycles. The minimum Gasteiger partial charge on any atom is -0.452 e. The lowest BCUT2D eigenvalue weighted by Crippen LogP contribution is -2.37. The monoisotopic (exact) mass is 385 g/mol. The van der Waals surface area contributed by atoms with Gasteiger partial charge in [-0.25, -0.2) is 9.59 Å². The number of carbonyl (C=O) groups excluding carboxylic acids is 3. The van der Waals surface area contributed by atoms with Crippen molar-refractivity contribution in [2.45, 2.75) is 20.8 Å². The van der Waals surface area contributed by atoms with Crippen molar-refractivity contribution in [2.24, 2.45) is 0 Å². The van der Waals surface area contributed by atoms with Crippen LogP contribution >= 0.6 is 0 Å². The van der Waals surface area contributed by atoms with E-state index in [1.54, 1.807) is 6.07 Å². The van der Waals surface area contributed by atoms with Crippen LogP contribution in [0.3, 0.4) is 0 Å². The highest BCUT2D eigenvalue weighted by Crippen LogP contribution is 2.19. The van der Waals surface area contributed by atoms with Crippen LogP contribution in [0.5, 0.6) is 0 Å². The fourth-order valence-electron chi connectivity index (χ4n) is 2.47. The lowest BCUT2D eigenvalue weighted by Gasteiger charge is -2.10. The van der Waals surface area contributed by atoms with Crippen molar-refractivity contribution >= 4 is 29.3 Å². The smallest absolute Gasteiger partial charge is 0.338 e. The van der Waals surface area contributed by atoms with E-state index in [-0.39, 0.29) is 16.8 Å². The first kappa shape index (κ1) is 20.6. The van der Waals surface area contributed by atoms with Crippen LogP contribution in [-0.2, 0) is 9.53 Å². The SMILES string of the molecule is Cc1ccc(NC(=O)NC(=O)COC(=O)c2ccc([N+](=O)[O-])c(C)c2)c(C)c1. The Kier molecular flexibility index (Phi) is 6.43. The number of nitrogens with one attached hydrogen (secondary N) is 2. The van der Waals surface area contributed by atoms with Crippen molar-refractivity contribution in [1.29, 1.82) is 0 Å². The summed E-state index contributed by atoms with van der Waals surface area (Å²) in [6.45, 7) is 4.55. The molecule has 0 aliphatic rings. The second-order valence-electron chi connectivity index (χ2n) is 6.16. The molecule has 0 aliphatic carbocycles. The zero-order chi connectivity index (χ0) is 20.8. The molecule has 0 aromatic heterocycles. The highest BCUT2D eigenvalue weighted by Gasteiger charge is 2.16. The van der Waals surface area contributed by atoms with Crippen molar-refractivity contribution in [3.63, 3.8) is 0 Å². The molecule has 0 bridgehead atoms. The molecule has 28 heavy (non-hydrogen) atoms. The standard InChI is InChI=1S/C19H19N3O6/c1-11-4-6-15(12(2)8-11)20-19(25)21-17(23)10-28-18(24)14-5-7-16(22(26)27)13(3)9-14/h4-9H,10H2,1-3H3,(H2,20,21,23,25). The van der Waals surface area contributed by atoms with Crippen LogP contribution in [0, 0.1) is 30.9 Å². The molecular formula is C19H19N3O6. The molecule has 0 spiro atoms. The van der Waals surface area contributed by atoms with E-state index in [9.17, 15) is 24.5 Å². The number of urea groups is 1. The molecule has 146 valence electrons. The summed E-state index contributed by atoms with van der Waals surface area (Å²) >= 11 is 0. The second kappa shape index (κ2) is 8.76. The van der Waals surface area contributed by atoms with E-state index < -0.39 is 29.4 Å². The van der Waals surface area contributed by atoms with Crippen LogP contribution < -0.4 is 10.6 Å². The third-order valence-corrected chi connectivity index (χ3v) is 3.85. The van der Waals surface area contributed by atoms with Gasteiger partial charge >= 0.3 is 12.0 Å². The van der Waals surface area contributed by atoms with Crippen LogP contribution in [-0.4, -0.2) is 29.4 Å². The minimum absolute atomic E-state index is 0.0654. The number of hydrogen-bond acceptors (Lipinski definition) is 6. The number of amides is 3. The largest absolute Gasteiger partial charge is 0.452 e. The maximum atomic E-state index is 12.0. The molecule has 3 amide bonds. The second-order valence-corrected chi connectivity index (χ2v) is 6.16. The van der Waals surface area contributed by atoms with E-state index in [0.29, 0.717) is 5.69 Å². The third-order valence-electron chi connectivity index (χ3n) is 3.85. The summed E-state index contributed by atoms with van der Waals surface area (Å²) in [5.41, 5.74) is 2.65. The number of rotatable bonds is 5. The van der Waals surface area contributed by atoms with Gasteiger partial charge in [-0.05, 0) is 44.5 Å². The first-order valence-electron chi connectivity index (χ1n) is 8.27. The summed E-state index contributed by atoms with van der Waals surface area (Å²) in [6, 6.07) is 8.38. The Morgan fingerprint density at radius 1 is 1.04 bits per heavy atom. The Labute approximate surface area is 160 Å². The molecule has 2 aromatic rings. The quantitative estimate of drug-likeness (QED) is 0.463. The van der Waals surface area contributed by atoms with Gasteiger partial charge in [0.2, 0.25) is 0 Å². The van der Waals surface area contributed by atoms with Gasteiger partial charge in [-0.3, -0.25) is 20.2 Å². The predicted molar refractivity (Wildman–Crippen MR) is 101 cm³/mol. The summed E-state index contributed by atoms with van der Waals surface area (Å²) in [6.07, 6.45) is 0. The number of benzene rings is 2. The van der Waals surface area contributed by atoms with Crippen LogP contribution in [0.1, 0.15) is 27.0 Å². The highest BCUT2D eigenvalue weighted by molar-refractivity contribution is 6.02. The number of ether oxygens (including phenoxy) is 1. The lowest BCUT2D eigenvalue weighted by atomic mass is 10.1. The van der Waals surface area contributed by atoms with Gasteiger partial charge in [0.1, 0.15) is 0 Å². The van der Waals surface area contributed by atoms with E-state index in [1.165, 1.54) is 25.1 Å². The van der Waals surface area contributed by atoms with Gasteiger partial charge in [-0.15, -0.1) is 0 Å². The maximum Gasteiger partial charge on any atom is 0.338 e. The van der Waals surface area contributed by atoms with E-state index in [4.69, 9.17) is 4.74 Å². The molecule has 0 unspecified atom stereocenters. The molecule has 0 radical (unpaired) electrons. The normalized spacial score (nSPS) is 10.1. The number of imide groups is 1. The molecule has 2 N–H and O–H groups in total. The van der Waals surface area contributed by atoms with Gasteiger partial charge in [-0.2, -0.15) is 0 Å². The van der Waals surface area contributed by atoms with Crippen LogP contribution in [0.4, 0.5) is 16.2 Å². The first-order valence-corrected chi connectivity index (χ1v) is 8.27. The predicted octanol–water partition coefficient (Wildman–Crippen LogP) is 3.03. The number of esters is 1. The van der Waals surface area contributed by atoms with Crippen molar-refractivity contribution in [3.8, 4) is 0 Å². The number of hydrogen-bond donors (Lipinski definition) is 2. The number of nitro groups is 1. The molecule has 2 aromatic carbocycles. The van der Waals surface area contributed by atoms with Gasteiger partial charge in [-0.1, -0.05) is 17.7 Å². The number of anilines is 1. The van der Waals surface area contributed by atoms with Crippen molar-refractivity contribution in [2.75, 3.05) is 11.9 Å². The van der Waals surface area contributed by atoms with Crippen LogP contribution in [0.25, 0.3) is 0 Å². The van der Waals surface area contributed by atoms with Gasteiger partial charge < -0.3 is 10.1 Å². The van der Waals surface area contributed by atoms with Crippen molar-refractivity contribution in [1.82, 2.24) is 5.32 Å². The topological polar surface area (TPSA) is 128 Å². The average Bonchev–Trinajstić information content (AvgIpc) is 2.61. The number of nitro benzene ring substituents is 1. The summed E-state index contributed by atoms with van der Waals surface area (Å²) < 4.78 is 4.83. The molecule has 0 saturated heterocycles. The Hall–Kier alpha value is -3.75. The number of aryl methyl sites for hydroxylation is 3. The lowest BCUT2D eigenvalue weighted by molar-refractivity contribution is -0.385. The van der Waals surface area contributed by atoms with Crippen LogP contribution in [0.15, 0.2) is 36.4 Å². The third kappa shape index (κ3) is 5.37. The van der Waals surface area contributed by atoms with Crippen LogP contribution in [0.2, 0.25) is 0 Å². The molecule has 0 fully saturated rings. The molecule has 9 nitrogen and oxygen atoms in total. The molecule has 9 heteroatoms. The first-order chi connectivity index (χ1) is 13.2. The molecule has 2 rings (SSSR count). The fourth-order valence-corrected chi connectivity index (χ4v) is 2.47. The summed E-state index contributed by atoms with van der Waals surface area (Å²) in [5.74, 6) is -1.64. The van der Waals surface area contributed by atoms with E-state index >= 15 is 0 Å². The van der Waals surface area contributed by atoms with Gasteiger partial charge in [0.15, 0.2) is 6.61 Å². The number of nitrogens with zero attached hydrogens (tertiary/aromatic N) is 1. The summed E-state index contributed by atoms with van der Waals surface area (Å²) in [5, 5.41) is 15.4. The van der Waals surface area contributed by atoms with E-state index in [1.807, 2.05) is 26.0 Å². The Balaban J connectivity index is 1.87. The zero-order valence-corrected chi connectivity index (χ0v) is 15.6. The Bertz CT molecular complexity index is 955. The minimum atomic E-state index is -0.831. The van der Waals surface area contributed by atoms with Crippen molar-refractivity contribution in [3.05, 3.63) is 68.8 Å². The zero-order valence-electron chi connectivity index (χ0n) is 15.6. The highest BCUT2D eigenvalue weighted by atomic mass is 16.6. The molecule has 0 atom stereocenters. The fraction of sp³-hybridized carbons (Fsp3) is 0.211. The Morgan fingerprint density at radius 3 is 2.36 bits per heavy atom. The molecule has 0 aliphatic heterocycles. The maximum absolute atomic E-state index is 12.0. The van der Waals surface area contributed by atoms with E-state index in [0.717, 1.165) is 11.1 Å². The summed E-state index contributed by atoms with van der Waals surface area (Å²) in [4.78, 5) is 45.9. The van der Waals surface area contributed by atoms with Gasteiger partial charge in [0.25, 0.3) is 11.6 Å². The Morgan fingerprint density at radius 2 is 1.75 bits per heavy atom. The van der Waals surface area contributed by atoms with E-state index in [2.05, 4.69) is 10.6 Å². The van der Waals surface area contributed by atoms with Gasteiger partial charge in [0, 0.05) is 17.3 Å². The molecule has 0 saturated carbocycles. The molecular weight excluding hydrogens is 366 g/mol. The van der Waals surface area contributed by atoms with Gasteiger partial charge in [0.05, 0.1) is 10.5 Å². The average molecular weight is 385 g/mol.